The number of rotatable bonds is 2. The van der Waals surface area contributed by atoms with Gasteiger partial charge in [-0.25, -0.2) is 0 Å². The number of carbonyl (C=O) groups is 1. The van der Waals surface area contributed by atoms with Gasteiger partial charge in [-0.15, -0.1) is 0 Å². The molecule has 1 aromatic rings. The van der Waals surface area contributed by atoms with Crippen LogP contribution in [0.3, 0.4) is 0 Å². The van der Waals surface area contributed by atoms with Gasteiger partial charge in [-0.2, -0.15) is 0 Å². The van der Waals surface area contributed by atoms with Gasteiger partial charge < -0.3 is 10.6 Å². The molecule has 0 aromatic heterocycles. The van der Waals surface area contributed by atoms with Crippen LogP contribution in [0.15, 0.2) is 22.7 Å². The molecule has 2 rings (SSSR count). The number of halogens is 1. The summed E-state index contributed by atoms with van der Waals surface area (Å²) < 4.78 is 0.979. The maximum absolute atomic E-state index is 12.4. The molecule has 1 aromatic carbocycles. The molecule has 0 aliphatic carbocycles. The summed E-state index contributed by atoms with van der Waals surface area (Å²) in [5.74, 6) is 0.108. The lowest BCUT2D eigenvalue weighted by Crippen LogP contribution is -2.40. The van der Waals surface area contributed by atoms with Crippen LogP contribution in [-0.2, 0) is 0 Å². The van der Waals surface area contributed by atoms with Crippen LogP contribution in [0.4, 0.5) is 0 Å². The van der Waals surface area contributed by atoms with Crippen LogP contribution in [0.5, 0.6) is 0 Å². The van der Waals surface area contributed by atoms with E-state index in [0.29, 0.717) is 6.54 Å². The molecule has 2 N–H and O–H groups in total. The molecule has 1 heterocycles. The van der Waals surface area contributed by atoms with Crippen molar-refractivity contribution in [3.05, 3.63) is 33.8 Å². The van der Waals surface area contributed by atoms with E-state index < -0.39 is 0 Å². The van der Waals surface area contributed by atoms with E-state index in [0.717, 1.165) is 35.0 Å². The van der Waals surface area contributed by atoms with Gasteiger partial charge in [-0.3, -0.25) is 4.79 Å². The lowest BCUT2D eigenvalue weighted by atomic mass is 10.1. The zero-order chi connectivity index (χ0) is 12.4. The third kappa shape index (κ3) is 2.38. The molecule has 1 saturated heterocycles. The monoisotopic (exact) mass is 296 g/mol. The van der Waals surface area contributed by atoms with Gasteiger partial charge in [0, 0.05) is 29.2 Å². The second-order valence-electron chi connectivity index (χ2n) is 4.44. The summed E-state index contributed by atoms with van der Waals surface area (Å²) in [4.78, 5) is 14.4. The first-order valence-electron chi connectivity index (χ1n) is 5.91. The molecule has 17 heavy (non-hydrogen) atoms. The SMILES string of the molecule is Cc1c(Br)cccc1C(=O)N1CCC[C@H]1CN. The van der Waals surface area contributed by atoms with E-state index in [4.69, 9.17) is 5.73 Å². The number of benzene rings is 1. The van der Waals surface area contributed by atoms with Gasteiger partial charge in [0.25, 0.3) is 5.91 Å². The fourth-order valence-electron chi connectivity index (χ4n) is 2.34. The Balaban J connectivity index is 2.28. The molecule has 1 fully saturated rings. The Kier molecular flexibility index (Phi) is 3.84. The van der Waals surface area contributed by atoms with Crippen LogP contribution in [0.25, 0.3) is 0 Å². The fraction of sp³-hybridized carbons (Fsp3) is 0.462. The van der Waals surface area contributed by atoms with E-state index in [1.165, 1.54) is 0 Å². The van der Waals surface area contributed by atoms with Crippen LogP contribution < -0.4 is 5.73 Å². The maximum atomic E-state index is 12.4. The average molecular weight is 297 g/mol. The minimum Gasteiger partial charge on any atom is -0.334 e. The van der Waals surface area contributed by atoms with E-state index >= 15 is 0 Å². The van der Waals surface area contributed by atoms with Gasteiger partial charge in [-0.1, -0.05) is 22.0 Å². The Labute approximate surface area is 110 Å². The topological polar surface area (TPSA) is 46.3 Å². The lowest BCUT2D eigenvalue weighted by molar-refractivity contribution is 0.0740. The number of hydrogen-bond acceptors (Lipinski definition) is 2. The van der Waals surface area contributed by atoms with Crippen molar-refractivity contribution in [2.75, 3.05) is 13.1 Å². The molecular weight excluding hydrogens is 280 g/mol. The first-order chi connectivity index (χ1) is 8.15. The fourth-order valence-corrected chi connectivity index (χ4v) is 2.71. The number of nitrogens with zero attached hydrogens (tertiary/aromatic N) is 1. The van der Waals surface area contributed by atoms with Crippen molar-refractivity contribution in [1.82, 2.24) is 4.90 Å². The molecule has 3 nitrogen and oxygen atoms in total. The van der Waals surface area contributed by atoms with Crippen molar-refractivity contribution in [2.24, 2.45) is 5.73 Å². The lowest BCUT2D eigenvalue weighted by Gasteiger charge is -2.24. The standard InChI is InChI=1S/C13H17BrN2O/c1-9-11(5-2-6-12(9)14)13(17)16-7-3-4-10(16)8-15/h2,5-6,10H,3-4,7-8,15H2,1H3/t10-/m0/s1. The normalized spacial score (nSPS) is 19.7. The van der Waals surface area contributed by atoms with Crippen molar-refractivity contribution in [3.8, 4) is 0 Å². The molecular formula is C13H17BrN2O. The molecule has 1 aliphatic rings. The van der Waals surface area contributed by atoms with Gasteiger partial charge in [-0.05, 0) is 37.5 Å². The zero-order valence-electron chi connectivity index (χ0n) is 9.95. The number of likely N-dealkylation sites (tertiary alicyclic amines) is 1. The third-order valence-electron chi connectivity index (χ3n) is 3.41. The van der Waals surface area contributed by atoms with Crippen LogP contribution in [0.1, 0.15) is 28.8 Å². The van der Waals surface area contributed by atoms with Crippen molar-refractivity contribution in [3.63, 3.8) is 0 Å². The van der Waals surface area contributed by atoms with E-state index in [1.54, 1.807) is 0 Å². The number of nitrogens with two attached hydrogens (primary N) is 1. The largest absolute Gasteiger partial charge is 0.334 e. The Morgan fingerprint density at radius 1 is 1.59 bits per heavy atom. The van der Waals surface area contributed by atoms with E-state index in [-0.39, 0.29) is 11.9 Å². The first kappa shape index (κ1) is 12.6. The Bertz CT molecular complexity index is 433. The summed E-state index contributed by atoms with van der Waals surface area (Å²) in [7, 11) is 0. The van der Waals surface area contributed by atoms with Crippen LogP contribution in [-0.4, -0.2) is 29.9 Å². The highest BCUT2D eigenvalue weighted by Crippen LogP contribution is 2.24. The molecule has 1 aliphatic heterocycles. The Hall–Kier alpha value is -0.870. The number of amides is 1. The molecule has 0 saturated carbocycles. The predicted octanol–water partition coefficient (Wildman–Crippen LogP) is 2.32. The summed E-state index contributed by atoms with van der Waals surface area (Å²) in [5, 5.41) is 0. The highest BCUT2D eigenvalue weighted by Gasteiger charge is 2.29. The summed E-state index contributed by atoms with van der Waals surface area (Å²) in [6, 6.07) is 5.95. The van der Waals surface area contributed by atoms with Crippen molar-refractivity contribution in [2.45, 2.75) is 25.8 Å². The van der Waals surface area contributed by atoms with Gasteiger partial charge >= 0.3 is 0 Å². The summed E-state index contributed by atoms with van der Waals surface area (Å²) >= 11 is 3.46. The molecule has 1 amide bonds. The second-order valence-corrected chi connectivity index (χ2v) is 5.30. The van der Waals surface area contributed by atoms with Gasteiger partial charge in [0.15, 0.2) is 0 Å². The Morgan fingerprint density at radius 2 is 2.35 bits per heavy atom. The van der Waals surface area contributed by atoms with Crippen molar-refractivity contribution in [1.29, 1.82) is 0 Å². The van der Waals surface area contributed by atoms with Crippen LogP contribution >= 0.6 is 15.9 Å². The molecule has 1 atom stereocenters. The molecule has 0 unspecified atom stereocenters. The molecule has 92 valence electrons. The molecule has 4 heteroatoms. The second kappa shape index (κ2) is 5.19. The van der Waals surface area contributed by atoms with Crippen molar-refractivity contribution >= 4 is 21.8 Å². The zero-order valence-corrected chi connectivity index (χ0v) is 11.5. The summed E-state index contributed by atoms with van der Waals surface area (Å²) in [5.41, 5.74) is 7.48. The molecule has 0 spiro atoms. The minimum atomic E-state index is 0.108. The van der Waals surface area contributed by atoms with Gasteiger partial charge in [0.05, 0.1) is 0 Å². The van der Waals surface area contributed by atoms with Gasteiger partial charge in [0.1, 0.15) is 0 Å². The van der Waals surface area contributed by atoms with Crippen LogP contribution in [0.2, 0.25) is 0 Å². The first-order valence-corrected chi connectivity index (χ1v) is 6.70. The third-order valence-corrected chi connectivity index (χ3v) is 4.27. The smallest absolute Gasteiger partial charge is 0.254 e. The number of carbonyl (C=O) groups excluding carboxylic acids is 1. The average Bonchev–Trinajstić information content (AvgIpc) is 2.80. The van der Waals surface area contributed by atoms with Gasteiger partial charge in [0.2, 0.25) is 0 Å². The summed E-state index contributed by atoms with van der Waals surface area (Å²) in [6.45, 7) is 3.34. The molecule has 0 radical (unpaired) electrons. The van der Waals surface area contributed by atoms with E-state index in [9.17, 15) is 4.79 Å². The van der Waals surface area contributed by atoms with Crippen molar-refractivity contribution < 1.29 is 4.79 Å². The van der Waals surface area contributed by atoms with Crippen LogP contribution in [0, 0.1) is 6.92 Å². The minimum absolute atomic E-state index is 0.108. The van der Waals surface area contributed by atoms with E-state index in [2.05, 4.69) is 15.9 Å². The number of hydrogen-bond donors (Lipinski definition) is 1. The summed E-state index contributed by atoms with van der Waals surface area (Å²) in [6.07, 6.45) is 2.08. The predicted molar refractivity (Wildman–Crippen MR) is 72.0 cm³/mol. The maximum Gasteiger partial charge on any atom is 0.254 e. The quantitative estimate of drug-likeness (QED) is 0.910. The highest BCUT2D eigenvalue weighted by molar-refractivity contribution is 9.10. The van der Waals surface area contributed by atoms with E-state index in [1.807, 2.05) is 30.0 Å². The Morgan fingerprint density at radius 3 is 3.06 bits per heavy atom. The highest BCUT2D eigenvalue weighted by atomic mass is 79.9. The molecule has 0 bridgehead atoms.